The number of benzene rings is 3. The minimum Gasteiger partial charge on any atom is -0.490 e. The first-order valence-electron chi connectivity index (χ1n) is 9.90. The summed E-state index contributed by atoms with van der Waals surface area (Å²) in [5.41, 5.74) is 4.18. The molecule has 3 aromatic carbocycles. The molecule has 5 heteroatoms. The van der Waals surface area contributed by atoms with Gasteiger partial charge in [0.15, 0.2) is 0 Å². The molecular weight excluding hydrogens is 376 g/mol. The SMILES string of the molecule is Cc1ccc(NC(=O)c2ccccc2NC(=O)c2ccccc2OC(C)C)cc1C. The molecule has 0 spiro atoms. The molecule has 30 heavy (non-hydrogen) atoms. The van der Waals surface area contributed by atoms with Crippen molar-refractivity contribution in [2.45, 2.75) is 33.8 Å². The van der Waals surface area contributed by atoms with Crippen LogP contribution in [-0.2, 0) is 0 Å². The summed E-state index contributed by atoms with van der Waals surface area (Å²) in [5.74, 6) is -0.124. The smallest absolute Gasteiger partial charge is 0.259 e. The first kappa shape index (κ1) is 21.1. The molecule has 0 fully saturated rings. The molecule has 0 saturated carbocycles. The maximum atomic E-state index is 12.9. The Kier molecular flexibility index (Phi) is 6.52. The minimum absolute atomic E-state index is 0.0602. The average molecular weight is 402 g/mol. The molecule has 0 aliphatic carbocycles. The van der Waals surface area contributed by atoms with Crippen LogP contribution in [0.5, 0.6) is 5.75 Å². The Balaban J connectivity index is 1.82. The molecule has 0 unspecified atom stereocenters. The zero-order valence-corrected chi connectivity index (χ0v) is 17.7. The average Bonchev–Trinajstić information content (AvgIpc) is 2.71. The van der Waals surface area contributed by atoms with Crippen LogP contribution in [0.1, 0.15) is 45.7 Å². The Labute approximate surface area is 177 Å². The summed E-state index contributed by atoms with van der Waals surface area (Å²) in [6, 6.07) is 19.7. The fourth-order valence-corrected chi connectivity index (χ4v) is 3.01. The molecule has 5 nitrogen and oxygen atoms in total. The predicted molar refractivity (Wildman–Crippen MR) is 120 cm³/mol. The van der Waals surface area contributed by atoms with Crippen molar-refractivity contribution >= 4 is 23.2 Å². The molecule has 0 saturated heterocycles. The van der Waals surface area contributed by atoms with Crippen LogP contribution in [0, 0.1) is 13.8 Å². The topological polar surface area (TPSA) is 67.4 Å². The number of hydrogen-bond acceptors (Lipinski definition) is 3. The molecule has 3 rings (SSSR count). The minimum atomic E-state index is -0.335. The first-order valence-corrected chi connectivity index (χ1v) is 9.90. The Morgan fingerprint density at radius 2 is 1.40 bits per heavy atom. The van der Waals surface area contributed by atoms with Gasteiger partial charge in [0.2, 0.25) is 0 Å². The molecule has 154 valence electrons. The lowest BCUT2D eigenvalue weighted by atomic mass is 10.1. The lowest BCUT2D eigenvalue weighted by molar-refractivity contribution is 0.102. The van der Waals surface area contributed by atoms with Gasteiger partial charge in [-0.25, -0.2) is 0 Å². The number of carbonyl (C=O) groups excluding carboxylic acids is 2. The van der Waals surface area contributed by atoms with E-state index in [1.807, 2.05) is 52.0 Å². The van der Waals surface area contributed by atoms with Crippen LogP contribution in [-0.4, -0.2) is 17.9 Å². The second-order valence-electron chi connectivity index (χ2n) is 7.42. The van der Waals surface area contributed by atoms with Crippen molar-refractivity contribution in [2.75, 3.05) is 10.6 Å². The third-order valence-corrected chi connectivity index (χ3v) is 4.68. The van der Waals surface area contributed by atoms with Crippen molar-refractivity contribution in [1.82, 2.24) is 0 Å². The van der Waals surface area contributed by atoms with E-state index >= 15 is 0 Å². The summed E-state index contributed by atoms with van der Waals surface area (Å²) < 4.78 is 5.74. The third kappa shape index (κ3) is 5.06. The van der Waals surface area contributed by atoms with Crippen LogP contribution >= 0.6 is 0 Å². The molecule has 2 N–H and O–H groups in total. The van der Waals surface area contributed by atoms with E-state index in [2.05, 4.69) is 10.6 Å². The van der Waals surface area contributed by atoms with Gasteiger partial charge in [-0.05, 0) is 75.2 Å². The number of rotatable bonds is 6. The summed E-state index contributed by atoms with van der Waals surface area (Å²) in [4.78, 5) is 25.8. The van der Waals surface area contributed by atoms with E-state index < -0.39 is 0 Å². The fourth-order valence-electron chi connectivity index (χ4n) is 3.01. The number of amides is 2. The third-order valence-electron chi connectivity index (χ3n) is 4.68. The largest absolute Gasteiger partial charge is 0.490 e. The van der Waals surface area contributed by atoms with Crippen molar-refractivity contribution in [1.29, 1.82) is 0 Å². The predicted octanol–water partition coefficient (Wildman–Crippen LogP) is 5.60. The van der Waals surface area contributed by atoms with Gasteiger partial charge < -0.3 is 15.4 Å². The standard InChI is InChI=1S/C25H26N2O3/c1-16(2)30-23-12-8-6-10-21(23)25(29)27-22-11-7-5-9-20(22)24(28)26-19-14-13-17(3)18(4)15-19/h5-16H,1-4H3,(H,26,28)(H,27,29). The van der Waals surface area contributed by atoms with Crippen LogP contribution in [0.15, 0.2) is 66.7 Å². The molecule has 2 amide bonds. The lowest BCUT2D eigenvalue weighted by Crippen LogP contribution is -2.19. The Bertz CT molecular complexity index is 1070. The van der Waals surface area contributed by atoms with Crippen LogP contribution in [0.3, 0.4) is 0 Å². The van der Waals surface area contributed by atoms with E-state index in [0.29, 0.717) is 28.3 Å². The number of ether oxygens (including phenoxy) is 1. The zero-order chi connectivity index (χ0) is 21.7. The first-order chi connectivity index (χ1) is 14.3. The van der Waals surface area contributed by atoms with Gasteiger partial charge in [0.1, 0.15) is 5.75 Å². The molecule has 0 radical (unpaired) electrons. The highest BCUT2D eigenvalue weighted by Crippen LogP contribution is 2.23. The van der Waals surface area contributed by atoms with Crippen LogP contribution in [0.2, 0.25) is 0 Å². The fraction of sp³-hybridized carbons (Fsp3) is 0.200. The van der Waals surface area contributed by atoms with Crippen LogP contribution in [0.25, 0.3) is 0 Å². The summed E-state index contributed by atoms with van der Waals surface area (Å²) in [7, 11) is 0. The van der Waals surface area contributed by atoms with E-state index in [4.69, 9.17) is 4.74 Å². The number of carbonyl (C=O) groups is 2. The second kappa shape index (κ2) is 9.27. The van der Waals surface area contributed by atoms with Gasteiger partial charge in [0.05, 0.1) is 22.9 Å². The molecular formula is C25H26N2O3. The molecule has 0 heterocycles. The Hall–Kier alpha value is -3.60. The van der Waals surface area contributed by atoms with Crippen molar-refractivity contribution in [3.05, 3.63) is 89.0 Å². The van der Waals surface area contributed by atoms with E-state index in [9.17, 15) is 9.59 Å². The monoisotopic (exact) mass is 402 g/mol. The summed E-state index contributed by atoms with van der Waals surface area (Å²) in [5, 5.41) is 5.75. The van der Waals surface area contributed by atoms with Crippen LogP contribution in [0.4, 0.5) is 11.4 Å². The van der Waals surface area contributed by atoms with Gasteiger partial charge in [-0.15, -0.1) is 0 Å². The van der Waals surface area contributed by atoms with Gasteiger partial charge in [-0.3, -0.25) is 9.59 Å². The molecule has 3 aromatic rings. The molecule has 0 aliphatic heterocycles. The molecule has 0 aromatic heterocycles. The van der Waals surface area contributed by atoms with Gasteiger partial charge in [-0.2, -0.15) is 0 Å². The summed E-state index contributed by atoms with van der Waals surface area (Å²) >= 11 is 0. The quantitative estimate of drug-likeness (QED) is 0.564. The zero-order valence-electron chi connectivity index (χ0n) is 17.7. The Morgan fingerprint density at radius 3 is 2.10 bits per heavy atom. The number of para-hydroxylation sites is 2. The van der Waals surface area contributed by atoms with Crippen molar-refractivity contribution in [3.63, 3.8) is 0 Å². The maximum Gasteiger partial charge on any atom is 0.259 e. The highest BCUT2D eigenvalue weighted by molar-refractivity contribution is 6.13. The highest BCUT2D eigenvalue weighted by atomic mass is 16.5. The number of aryl methyl sites for hydroxylation is 2. The van der Waals surface area contributed by atoms with E-state index in [1.54, 1.807) is 42.5 Å². The molecule has 0 atom stereocenters. The van der Waals surface area contributed by atoms with E-state index in [0.717, 1.165) is 11.1 Å². The van der Waals surface area contributed by atoms with E-state index in [-0.39, 0.29) is 17.9 Å². The van der Waals surface area contributed by atoms with Gasteiger partial charge in [0.25, 0.3) is 11.8 Å². The summed E-state index contributed by atoms with van der Waals surface area (Å²) in [6.45, 7) is 7.82. The molecule has 0 bridgehead atoms. The number of nitrogens with one attached hydrogen (secondary N) is 2. The Morgan fingerprint density at radius 1 is 0.767 bits per heavy atom. The van der Waals surface area contributed by atoms with Gasteiger partial charge >= 0.3 is 0 Å². The van der Waals surface area contributed by atoms with Crippen molar-refractivity contribution in [3.8, 4) is 5.75 Å². The number of anilines is 2. The van der Waals surface area contributed by atoms with Crippen molar-refractivity contribution in [2.24, 2.45) is 0 Å². The van der Waals surface area contributed by atoms with Crippen LogP contribution < -0.4 is 15.4 Å². The van der Waals surface area contributed by atoms with Crippen molar-refractivity contribution < 1.29 is 14.3 Å². The van der Waals surface area contributed by atoms with Gasteiger partial charge in [0, 0.05) is 5.69 Å². The normalized spacial score (nSPS) is 10.6. The second-order valence-corrected chi connectivity index (χ2v) is 7.42. The highest BCUT2D eigenvalue weighted by Gasteiger charge is 2.17. The van der Waals surface area contributed by atoms with E-state index in [1.165, 1.54) is 0 Å². The summed E-state index contributed by atoms with van der Waals surface area (Å²) in [6.07, 6.45) is -0.0602. The van der Waals surface area contributed by atoms with Gasteiger partial charge in [-0.1, -0.05) is 30.3 Å². The lowest BCUT2D eigenvalue weighted by Gasteiger charge is -2.15. The number of hydrogen-bond donors (Lipinski definition) is 2. The molecule has 0 aliphatic rings. The maximum absolute atomic E-state index is 12.9.